The molecule has 138 valence electrons. The number of pyridine rings is 1. The van der Waals surface area contributed by atoms with Gasteiger partial charge in [-0.3, -0.25) is 4.98 Å². The topological polar surface area (TPSA) is 48.4 Å². The first-order chi connectivity index (χ1) is 13.0. The lowest BCUT2D eigenvalue weighted by Gasteiger charge is -2.26. The van der Waals surface area contributed by atoms with Gasteiger partial charge in [-0.25, -0.2) is 4.79 Å². The van der Waals surface area contributed by atoms with E-state index in [9.17, 15) is 4.79 Å². The molecule has 4 heteroatoms. The van der Waals surface area contributed by atoms with Gasteiger partial charge >= 0.3 is 5.97 Å². The van der Waals surface area contributed by atoms with E-state index in [0.29, 0.717) is 12.2 Å². The predicted octanol–water partition coefficient (Wildman–Crippen LogP) is 4.77. The van der Waals surface area contributed by atoms with E-state index in [1.54, 1.807) is 18.3 Å². The summed E-state index contributed by atoms with van der Waals surface area (Å²) in [6, 6.07) is 21.4. The van der Waals surface area contributed by atoms with Gasteiger partial charge < -0.3 is 9.47 Å². The van der Waals surface area contributed by atoms with Crippen LogP contribution in [-0.4, -0.2) is 18.1 Å². The van der Waals surface area contributed by atoms with Crippen molar-refractivity contribution in [2.45, 2.75) is 25.9 Å². The van der Waals surface area contributed by atoms with Gasteiger partial charge in [0.2, 0.25) is 0 Å². The van der Waals surface area contributed by atoms with Gasteiger partial charge in [-0.1, -0.05) is 44.2 Å². The zero-order valence-electron chi connectivity index (χ0n) is 15.8. The number of aromatic nitrogens is 1. The lowest BCUT2D eigenvalue weighted by Crippen LogP contribution is -2.19. The number of nitrogens with zero attached hydrogens (tertiary/aromatic N) is 1. The highest BCUT2D eigenvalue weighted by Crippen LogP contribution is 2.32. The second kappa shape index (κ2) is 8.04. The number of carbonyl (C=O) groups excluding carboxylic acids is 1. The van der Waals surface area contributed by atoms with Crippen molar-refractivity contribution in [3.8, 4) is 5.75 Å². The summed E-state index contributed by atoms with van der Waals surface area (Å²) < 4.78 is 10.6. The average Bonchev–Trinajstić information content (AvgIpc) is 2.73. The molecule has 2 aromatic carbocycles. The van der Waals surface area contributed by atoms with Crippen molar-refractivity contribution in [1.82, 2.24) is 4.98 Å². The fraction of sp³-hybridized carbons (Fsp3) is 0.217. The molecule has 0 saturated carbocycles. The first-order valence-corrected chi connectivity index (χ1v) is 8.83. The lowest BCUT2D eigenvalue weighted by molar-refractivity contribution is 0.0600. The molecule has 27 heavy (non-hydrogen) atoms. The number of rotatable bonds is 6. The Morgan fingerprint density at radius 2 is 1.56 bits per heavy atom. The summed E-state index contributed by atoms with van der Waals surface area (Å²) in [5, 5.41) is 0. The molecule has 0 radical (unpaired) electrons. The van der Waals surface area contributed by atoms with Crippen LogP contribution in [0.5, 0.6) is 5.75 Å². The molecule has 0 aliphatic heterocycles. The van der Waals surface area contributed by atoms with Crippen molar-refractivity contribution in [1.29, 1.82) is 0 Å². The highest BCUT2D eigenvalue weighted by molar-refractivity contribution is 5.89. The average molecular weight is 361 g/mol. The van der Waals surface area contributed by atoms with Crippen LogP contribution >= 0.6 is 0 Å². The Hall–Kier alpha value is -3.14. The Kier molecular flexibility index (Phi) is 5.55. The van der Waals surface area contributed by atoms with Crippen LogP contribution in [0.4, 0.5) is 0 Å². The van der Waals surface area contributed by atoms with E-state index in [2.05, 4.69) is 31.0 Å². The number of hydrogen-bond donors (Lipinski definition) is 0. The number of esters is 1. The Morgan fingerprint density at radius 3 is 2.11 bits per heavy atom. The summed E-state index contributed by atoms with van der Waals surface area (Å²) in [7, 11) is 1.39. The summed E-state index contributed by atoms with van der Waals surface area (Å²) in [6.07, 6.45) is 1.76. The van der Waals surface area contributed by atoms with Gasteiger partial charge in [0.1, 0.15) is 12.4 Å². The first-order valence-electron chi connectivity index (χ1n) is 8.83. The molecule has 0 unspecified atom stereocenters. The maximum absolute atomic E-state index is 11.6. The molecule has 0 fully saturated rings. The zero-order chi connectivity index (χ0) is 19.3. The molecule has 0 aliphatic carbocycles. The van der Waals surface area contributed by atoms with Crippen LogP contribution in [-0.2, 0) is 16.8 Å². The quantitative estimate of drug-likeness (QED) is 0.593. The van der Waals surface area contributed by atoms with Crippen LogP contribution in [0, 0.1) is 0 Å². The van der Waals surface area contributed by atoms with E-state index in [4.69, 9.17) is 9.47 Å². The highest BCUT2D eigenvalue weighted by Gasteiger charge is 2.23. The van der Waals surface area contributed by atoms with Gasteiger partial charge in [0.25, 0.3) is 0 Å². The number of ether oxygens (including phenoxy) is 2. The van der Waals surface area contributed by atoms with Gasteiger partial charge in [0.05, 0.1) is 18.4 Å². The monoisotopic (exact) mass is 361 g/mol. The smallest absolute Gasteiger partial charge is 0.337 e. The second-order valence-electron chi connectivity index (χ2n) is 6.83. The molecule has 0 saturated heterocycles. The van der Waals surface area contributed by atoms with Crippen LogP contribution in [0.2, 0.25) is 0 Å². The van der Waals surface area contributed by atoms with Crippen molar-refractivity contribution in [3.63, 3.8) is 0 Å². The first kappa shape index (κ1) is 18.6. The fourth-order valence-corrected chi connectivity index (χ4v) is 2.92. The summed E-state index contributed by atoms with van der Waals surface area (Å²) in [6.45, 7) is 4.76. The van der Waals surface area contributed by atoms with E-state index in [-0.39, 0.29) is 11.4 Å². The van der Waals surface area contributed by atoms with E-state index in [1.165, 1.54) is 12.7 Å². The molecule has 4 nitrogen and oxygen atoms in total. The Morgan fingerprint density at radius 1 is 0.926 bits per heavy atom. The number of carbonyl (C=O) groups is 1. The molecular formula is C23H23NO3. The second-order valence-corrected chi connectivity index (χ2v) is 6.83. The molecule has 0 aliphatic rings. The Bertz CT molecular complexity index is 885. The van der Waals surface area contributed by atoms with Crippen molar-refractivity contribution in [2.75, 3.05) is 7.11 Å². The van der Waals surface area contributed by atoms with E-state index in [0.717, 1.165) is 17.0 Å². The fourth-order valence-electron chi connectivity index (χ4n) is 2.92. The normalized spacial score (nSPS) is 11.1. The lowest BCUT2D eigenvalue weighted by atomic mass is 9.78. The molecule has 3 rings (SSSR count). The standard InChI is InChI=1S/C23H23NO3/c1-23(2,18-9-7-17(8-10-18)22(25)26-3)19-11-13-21(14-12-19)27-16-20-6-4-5-15-24-20/h4-15H,16H2,1-3H3. The zero-order valence-corrected chi connectivity index (χ0v) is 15.8. The summed E-state index contributed by atoms with van der Waals surface area (Å²) >= 11 is 0. The molecule has 1 heterocycles. The minimum absolute atomic E-state index is 0.200. The van der Waals surface area contributed by atoms with Crippen molar-refractivity contribution >= 4 is 5.97 Å². The van der Waals surface area contributed by atoms with Crippen molar-refractivity contribution in [2.24, 2.45) is 0 Å². The number of methoxy groups -OCH3 is 1. The Labute approximate surface area is 159 Å². The van der Waals surface area contributed by atoms with E-state index >= 15 is 0 Å². The minimum atomic E-state index is -0.325. The Balaban J connectivity index is 1.72. The third-order valence-corrected chi connectivity index (χ3v) is 4.72. The van der Waals surface area contributed by atoms with Crippen LogP contribution in [0.3, 0.4) is 0 Å². The third kappa shape index (κ3) is 4.34. The van der Waals surface area contributed by atoms with Gasteiger partial charge in [-0.15, -0.1) is 0 Å². The summed E-state index contributed by atoms with van der Waals surface area (Å²) in [5.74, 6) is 0.481. The SMILES string of the molecule is COC(=O)c1ccc(C(C)(C)c2ccc(OCc3ccccn3)cc2)cc1. The van der Waals surface area contributed by atoms with E-state index < -0.39 is 0 Å². The molecule has 0 N–H and O–H groups in total. The van der Waals surface area contributed by atoms with Gasteiger partial charge in [-0.05, 0) is 47.5 Å². The molecule has 0 spiro atoms. The van der Waals surface area contributed by atoms with Crippen LogP contribution in [0.1, 0.15) is 41.0 Å². The molecule has 0 bridgehead atoms. The van der Waals surface area contributed by atoms with Gasteiger partial charge in [0.15, 0.2) is 0 Å². The van der Waals surface area contributed by atoms with Gasteiger partial charge in [-0.2, -0.15) is 0 Å². The predicted molar refractivity (Wildman–Crippen MR) is 105 cm³/mol. The third-order valence-electron chi connectivity index (χ3n) is 4.72. The molecule has 3 aromatic rings. The number of benzene rings is 2. The number of hydrogen-bond acceptors (Lipinski definition) is 4. The molecule has 1 aromatic heterocycles. The van der Waals surface area contributed by atoms with Crippen molar-refractivity contribution in [3.05, 3.63) is 95.3 Å². The maximum Gasteiger partial charge on any atom is 0.337 e. The minimum Gasteiger partial charge on any atom is -0.487 e. The molecular weight excluding hydrogens is 338 g/mol. The van der Waals surface area contributed by atoms with Crippen LogP contribution < -0.4 is 4.74 Å². The van der Waals surface area contributed by atoms with Crippen LogP contribution in [0.15, 0.2) is 72.9 Å². The van der Waals surface area contributed by atoms with Crippen molar-refractivity contribution < 1.29 is 14.3 Å². The maximum atomic E-state index is 11.6. The van der Waals surface area contributed by atoms with Crippen LogP contribution in [0.25, 0.3) is 0 Å². The summed E-state index contributed by atoms with van der Waals surface area (Å²) in [5.41, 5.74) is 3.53. The molecule has 0 atom stereocenters. The highest BCUT2D eigenvalue weighted by atomic mass is 16.5. The van der Waals surface area contributed by atoms with E-state index in [1.807, 2.05) is 42.5 Å². The molecule has 0 amide bonds. The summed E-state index contributed by atoms with van der Waals surface area (Å²) in [4.78, 5) is 15.9. The largest absolute Gasteiger partial charge is 0.487 e. The van der Waals surface area contributed by atoms with Gasteiger partial charge in [0, 0.05) is 11.6 Å².